The molecule has 3 aromatic rings. The topological polar surface area (TPSA) is 75.3 Å². The molecule has 0 unspecified atom stereocenters. The van der Waals surface area contributed by atoms with Crippen molar-refractivity contribution in [2.24, 2.45) is 0 Å². The SMILES string of the molecule is O=C(O)c1cc2cc(O)cnc2n1Cc1ccccc1. The average molecular weight is 268 g/mol. The van der Waals surface area contributed by atoms with Crippen LogP contribution in [0.3, 0.4) is 0 Å². The number of nitrogens with zero attached hydrogens (tertiary/aromatic N) is 2. The molecule has 2 N–H and O–H groups in total. The number of rotatable bonds is 3. The Balaban J connectivity index is 2.16. The summed E-state index contributed by atoms with van der Waals surface area (Å²) in [6, 6.07) is 12.6. The van der Waals surface area contributed by atoms with Crippen LogP contribution in [0.1, 0.15) is 16.1 Å². The van der Waals surface area contributed by atoms with Crippen molar-refractivity contribution < 1.29 is 15.0 Å². The molecule has 2 aromatic heterocycles. The number of pyridine rings is 1. The van der Waals surface area contributed by atoms with Crippen LogP contribution in [-0.4, -0.2) is 25.7 Å². The van der Waals surface area contributed by atoms with Gasteiger partial charge in [-0.15, -0.1) is 0 Å². The van der Waals surface area contributed by atoms with Crippen molar-refractivity contribution in [3.63, 3.8) is 0 Å². The van der Waals surface area contributed by atoms with Crippen molar-refractivity contribution >= 4 is 17.0 Å². The summed E-state index contributed by atoms with van der Waals surface area (Å²) >= 11 is 0. The summed E-state index contributed by atoms with van der Waals surface area (Å²) in [7, 11) is 0. The Morgan fingerprint density at radius 1 is 1.20 bits per heavy atom. The van der Waals surface area contributed by atoms with Crippen LogP contribution in [0.5, 0.6) is 5.75 Å². The van der Waals surface area contributed by atoms with E-state index in [0.29, 0.717) is 17.6 Å². The van der Waals surface area contributed by atoms with Gasteiger partial charge in [0.05, 0.1) is 6.20 Å². The van der Waals surface area contributed by atoms with E-state index in [1.54, 1.807) is 4.57 Å². The minimum Gasteiger partial charge on any atom is -0.506 e. The van der Waals surface area contributed by atoms with Gasteiger partial charge in [-0.2, -0.15) is 0 Å². The van der Waals surface area contributed by atoms with Gasteiger partial charge in [0.25, 0.3) is 0 Å². The maximum Gasteiger partial charge on any atom is 0.352 e. The van der Waals surface area contributed by atoms with Crippen molar-refractivity contribution in [3.05, 3.63) is 59.9 Å². The van der Waals surface area contributed by atoms with Gasteiger partial charge in [0, 0.05) is 11.9 Å². The van der Waals surface area contributed by atoms with E-state index < -0.39 is 5.97 Å². The molecule has 0 aliphatic rings. The highest BCUT2D eigenvalue weighted by atomic mass is 16.4. The lowest BCUT2D eigenvalue weighted by Gasteiger charge is -2.07. The minimum atomic E-state index is -1.02. The van der Waals surface area contributed by atoms with Gasteiger partial charge >= 0.3 is 5.97 Å². The molecule has 100 valence electrons. The number of aromatic hydroxyl groups is 1. The Hall–Kier alpha value is -2.82. The molecule has 0 radical (unpaired) electrons. The molecule has 0 bridgehead atoms. The highest BCUT2D eigenvalue weighted by Gasteiger charge is 2.16. The summed E-state index contributed by atoms with van der Waals surface area (Å²) < 4.78 is 1.63. The zero-order valence-electron chi connectivity index (χ0n) is 10.5. The van der Waals surface area contributed by atoms with Crippen molar-refractivity contribution in [1.82, 2.24) is 9.55 Å². The van der Waals surface area contributed by atoms with Crippen LogP contribution in [0.25, 0.3) is 11.0 Å². The summed E-state index contributed by atoms with van der Waals surface area (Å²) in [6.45, 7) is 0.420. The number of hydrogen-bond donors (Lipinski definition) is 2. The smallest absolute Gasteiger partial charge is 0.352 e. The number of carbonyl (C=O) groups is 1. The Kier molecular flexibility index (Phi) is 2.87. The second-order valence-electron chi connectivity index (χ2n) is 4.51. The number of carboxylic acid groups (broad SMARTS) is 1. The first-order valence-corrected chi connectivity index (χ1v) is 6.10. The molecule has 2 heterocycles. The van der Waals surface area contributed by atoms with Crippen LogP contribution in [-0.2, 0) is 6.54 Å². The van der Waals surface area contributed by atoms with Gasteiger partial charge in [-0.3, -0.25) is 0 Å². The lowest BCUT2D eigenvalue weighted by molar-refractivity contribution is 0.0686. The summed E-state index contributed by atoms with van der Waals surface area (Å²) in [6.07, 6.45) is 1.31. The molecule has 1 aromatic carbocycles. The summed E-state index contributed by atoms with van der Waals surface area (Å²) in [5, 5.41) is 19.4. The van der Waals surface area contributed by atoms with E-state index in [1.165, 1.54) is 18.3 Å². The summed E-state index contributed by atoms with van der Waals surface area (Å²) in [5.74, 6) is -0.996. The molecule has 0 atom stereocenters. The highest BCUT2D eigenvalue weighted by molar-refractivity contribution is 5.93. The van der Waals surface area contributed by atoms with Crippen LogP contribution in [0.4, 0.5) is 0 Å². The lowest BCUT2D eigenvalue weighted by Crippen LogP contribution is -2.09. The molecule has 5 nitrogen and oxygen atoms in total. The molecule has 0 fully saturated rings. The Bertz CT molecular complexity index is 778. The van der Waals surface area contributed by atoms with E-state index in [4.69, 9.17) is 0 Å². The molecule has 0 aliphatic heterocycles. The van der Waals surface area contributed by atoms with E-state index in [2.05, 4.69) is 4.98 Å². The van der Waals surface area contributed by atoms with Gasteiger partial charge in [0.1, 0.15) is 17.1 Å². The van der Waals surface area contributed by atoms with Crippen molar-refractivity contribution in [2.75, 3.05) is 0 Å². The zero-order chi connectivity index (χ0) is 14.1. The molecular formula is C15H12N2O3. The third-order valence-corrected chi connectivity index (χ3v) is 3.12. The Morgan fingerprint density at radius 2 is 1.95 bits per heavy atom. The molecular weight excluding hydrogens is 256 g/mol. The molecule has 0 spiro atoms. The van der Waals surface area contributed by atoms with E-state index in [1.807, 2.05) is 30.3 Å². The standard InChI is InChI=1S/C15H12N2O3/c18-12-6-11-7-13(15(19)20)17(14(11)16-8-12)9-10-4-2-1-3-5-10/h1-8,18H,9H2,(H,19,20). The molecule has 0 saturated carbocycles. The first-order valence-electron chi connectivity index (χ1n) is 6.10. The van der Waals surface area contributed by atoms with E-state index in [0.717, 1.165) is 5.56 Å². The van der Waals surface area contributed by atoms with E-state index in [9.17, 15) is 15.0 Å². The fraction of sp³-hybridized carbons (Fsp3) is 0.0667. The van der Waals surface area contributed by atoms with Gasteiger partial charge in [-0.05, 0) is 17.7 Å². The number of benzene rings is 1. The van der Waals surface area contributed by atoms with Crippen LogP contribution in [0, 0.1) is 0 Å². The lowest BCUT2D eigenvalue weighted by atomic mass is 10.2. The number of fused-ring (bicyclic) bond motifs is 1. The van der Waals surface area contributed by atoms with Crippen LogP contribution < -0.4 is 0 Å². The number of carboxylic acids is 1. The van der Waals surface area contributed by atoms with Gasteiger partial charge < -0.3 is 14.8 Å². The number of hydrogen-bond acceptors (Lipinski definition) is 3. The average Bonchev–Trinajstić information content (AvgIpc) is 2.78. The van der Waals surface area contributed by atoms with Crippen LogP contribution >= 0.6 is 0 Å². The molecule has 0 amide bonds. The Morgan fingerprint density at radius 3 is 2.65 bits per heavy atom. The van der Waals surface area contributed by atoms with Gasteiger partial charge in [-0.1, -0.05) is 30.3 Å². The largest absolute Gasteiger partial charge is 0.506 e. The third-order valence-electron chi connectivity index (χ3n) is 3.12. The zero-order valence-corrected chi connectivity index (χ0v) is 10.5. The monoisotopic (exact) mass is 268 g/mol. The number of aromatic nitrogens is 2. The van der Waals surface area contributed by atoms with Crippen LogP contribution in [0.2, 0.25) is 0 Å². The third kappa shape index (κ3) is 2.09. The Labute approximate surface area is 114 Å². The fourth-order valence-corrected chi connectivity index (χ4v) is 2.24. The predicted octanol–water partition coefficient (Wildman–Crippen LogP) is 2.49. The normalized spacial score (nSPS) is 10.8. The highest BCUT2D eigenvalue weighted by Crippen LogP contribution is 2.23. The van der Waals surface area contributed by atoms with E-state index >= 15 is 0 Å². The second kappa shape index (κ2) is 4.70. The maximum atomic E-state index is 11.4. The predicted molar refractivity (Wildman–Crippen MR) is 73.9 cm³/mol. The van der Waals surface area contributed by atoms with Gasteiger partial charge in [0.15, 0.2) is 0 Å². The minimum absolute atomic E-state index is 0.0197. The summed E-state index contributed by atoms with van der Waals surface area (Å²) in [5.41, 5.74) is 1.69. The van der Waals surface area contributed by atoms with Gasteiger partial charge in [0.2, 0.25) is 0 Å². The molecule has 0 saturated heterocycles. The van der Waals surface area contributed by atoms with Crippen molar-refractivity contribution in [1.29, 1.82) is 0 Å². The maximum absolute atomic E-state index is 11.4. The number of aromatic carboxylic acids is 1. The van der Waals surface area contributed by atoms with E-state index in [-0.39, 0.29) is 11.4 Å². The van der Waals surface area contributed by atoms with Gasteiger partial charge in [-0.25, -0.2) is 9.78 Å². The first kappa shape index (κ1) is 12.2. The fourth-order valence-electron chi connectivity index (χ4n) is 2.24. The molecule has 0 aliphatic carbocycles. The summed E-state index contributed by atoms with van der Waals surface area (Å²) in [4.78, 5) is 15.5. The molecule has 20 heavy (non-hydrogen) atoms. The van der Waals surface area contributed by atoms with Crippen molar-refractivity contribution in [2.45, 2.75) is 6.54 Å². The quantitative estimate of drug-likeness (QED) is 0.765. The van der Waals surface area contributed by atoms with Crippen LogP contribution in [0.15, 0.2) is 48.7 Å². The second-order valence-corrected chi connectivity index (χ2v) is 4.51. The molecule has 5 heteroatoms. The molecule has 3 rings (SSSR count). The van der Waals surface area contributed by atoms with Crippen molar-refractivity contribution in [3.8, 4) is 5.75 Å². The first-order chi connectivity index (χ1) is 9.65.